The molecule has 0 spiro atoms. The van der Waals surface area contributed by atoms with Crippen LogP contribution in [0.5, 0.6) is 0 Å². The van der Waals surface area contributed by atoms with E-state index in [0.29, 0.717) is 17.5 Å². The summed E-state index contributed by atoms with van der Waals surface area (Å²) >= 11 is 6.13. The molecule has 19 heavy (non-hydrogen) atoms. The zero-order valence-corrected chi connectivity index (χ0v) is 12.1. The van der Waals surface area contributed by atoms with Crippen molar-refractivity contribution in [2.45, 2.75) is 32.2 Å². The van der Waals surface area contributed by atoms with Crippen molar-refractivity contribution in [1.29, 1.82) is 0 Å². The maximum atomic E-state index is 12.5. The van der Waals surface area contributed by atoms with Crippen LogP contribution in [0, 0.1) is 0 Å². The van der Waals surface area contributed by atoms with Crippen LogP contribution in [0.2, 0.25) is 5.02 Å². The molecule has 1 aromatic rings. The van der Waals surface area contributed by atoms with Crippen molar-refractivity contribution in [3.8, 4) is 0 Å². The van der Waals surface area contributed by atoms with Gasteiger partial charge in [-0.1, -0.05) is 36.7 Å². The predicted octanol–water partition coefficient (Wildman–Crippen LogP) is 2.48. The van der Waals surface area contributed by atoms with E-state index < -0.39 is 0 Å². The van der Waals surface area contributed by atoms with Crippen molar-refractivity contribution in [2.24, 2.45) is 0 Å². The molecule has 1 heterocycles. The summed E-state index contributed by atoms with van der Waals surface area (Å²) in [6, 6.07) is 7.93. The molecule has 0 aliphatic carbocycles. The maximum absolute atomic E-state index is 12.5. The Balaban J connectivity index is 2.05. The van der Waals surface area contributed by atoms with Crippen LogP contribution in [0.4, 0.5) is 0 Å². The number of carbonyl (C=O) groups is 1. The third-order valence-electron chi connectivity index (χ3n) is 3.56. The summed E-state index contributed by atoms with van der Waals surface area (Å²) in [6.07, 6.45) is 2.44. The summed E-state index contributed by atoms with van der Waals surface area (Å²) in [6.45, 7) is 4.85. The lowest BCUT2D eigenvalue weighted by Gasteiger charge is -2.28. The number of rotatable bonds is 5. The van der Waals surface area contributed by atoms with Crippen LogP contribution in [-0.4, -0.2) is 36.5 Å². The van der Waals surface area contributed by atoms with Gasteiger partial charge in [-0.3, -0.25) is 4.79 Å². The number of amides is 1. The SMILES string of the molecule is CCCN(C(=O)Cc1ccccc1Cl)C1CCNC1. The molecule has 0 bridgehead atoms. The minimum absolute atomic E-state index is 0.184. The van der Waals surface area contributed by atoms with Gasteiger partial charge in [-0.25, -0.2) is 0 Å². The first-order valence-electron chi connectivity index (χ1n) is 6.96. The average molecular weight is 281 g/mol. The summed E-state index contributed by atoms with van der Waals surface area (Å²) in [5.41, 5.74) is 0.918. The number of nitrogens with zero attached hydrogens (tertiary/aromatic N) is 1. The lowest BCUT2D eigenvalue weighted by Crippen LogP contribution is -2.42. The lowest BCUT2D eigenvalue weighted by molar-refractivity contribution is -0.132. The molecule has 1 aromatic carbocycles. The molecule has 0 aromatic heterocycles. The molecule has 1 saturated heterocycles. The molecule has 104 valence electrons. The minimum Gasteiger partial charge on any atom is -0.338 e. The number of benzene rings is 1. The molecule has 2 rings (SSSR count). The number of hydrogen-bond donors (Lipinski definition) is 1. The van der Waals surface area contributed by atoms with Gasteiger partial charge in [0.1, 0.15) is 0 Å². The maximum Gasteiger partial charge on any atom is 0.227 e. The molecule has 3 nitrogen and oxygen atoms in total. The summed E-state index contributed by atoms with van der Waals surface area (Å²) in [7, 11) is 0. The minimum atomic E-state index is 0.184. The Morgan fingerprint density at radius 2 is 2.26 bits per heavy atom. The van der Waals surface area contributed by atoms with Gasteiger partial charge in [0.25, 0.3) is 0 Å². The van der Waals surface area contributed by atoms with Crippen LogP contribution in [0.25, 0.3) is 0 Å². The molecule has 1 aliphatic rings. The Bertz CT molecular complexity index is 430. The van der Waals surface area contributed by atoms with E-state index in [1.54, 1.807) is 0 Å². The molecule has 1 aliphatic heterocycles. The van der Waals surface area contributed by atoms with E-state index in [4.69, 9.17) is 11.6 Å². The molecule has 1 fully saturated rings. The van der Waals surface area contributed by atoms with Crippen molar-refractivity contribution < 1.29 is 4.79 Å². The number of halogens is 1. The van der Waals surface area contributed by atoms with Gasteiger partial charge in [-0.2, -0.15) is 0 Å². The predicted molar refractivity (Wildman–Crippen MR) is 78.4 cm³/mol. The Morgan fingerprint density at radius 3 is 2.89 bits per heavy atom. The summed E-state index contributed by atoms with van der Waals surface area (Å²) in [4.78, 5) is 14.5. The summed E-state index contributed by atoms with van der Waals surface area (Å²) < 4.78 is 0. The molecule has 1 unspecified atom stereocenters. The van der Waals surface area contributed by atoms with E-state index in [1.165, 1.54) is 0 Å². The lowest BCUT2D eigenvalue weighted by atomic mass is 10.1. The highest BCUT2D eigenvalue weighted by molar-refractivity contribution is 6.31. The van der Waals surface area contributed by atoms with E-state index in [-0.39, 0.29) is 5.91 Å². The van der Waals surface area contributed by atoms with Crippen molar-refractivity contribution in [3.63, 3.8) is 0 Å². The normalized spacial score (nSPS) is 18.5. The first-order chi connectivity index (χ1) is 9.22. The van der Waals surface area contributed by atoms with Crippen LogP contribution in [-0.2, 0) is 11.2 Å². The van der Waals surface area contributed by atoms with Crippen molar-refractivity contribution >= 4 is 17.5 Å². The Kier molecular flexibility index (Phi) is 5.23. The van der Waals surface area contributed by atoms with Crippen LogP contribution < -0.4 is 5.32 Å². The third kappa shape index (κ3) is 3.71. The Labute approximate surface area is 119 Å². The highest BCUT2D eigenvalue weighted by Gasteiger charge is 2.25. The van der Waals surface area contributed by atoms with E-state index in [2.05, 4.69) is 12.2 Å². The number of hydrogen-bond acceptors (Lipinski definition) is 2. The number of nitrogens with one attached hydrogen (secondary N) is 1. The van der Waals surface area contributed by atoms with Gasteiger partial charge >= 0.3 is 0 Å². The Hall–Kier alpha value is -1.06. The van der Waals surface area contributed by atoms with Gasteiger partial charge in [0.05, 0.1) is 6.42 Å². The fraction of sp³-hybridized carbons (Fsp3) is 0.533. The second-order valence-electron chi connectivity index (χ2n) is 5.00. The van der Waals surface area contributed by atoms with E-state index >= 15 is 0 Å². The second kappa shape index (κ2) is 6.92. The highest BCUT2D eigenvalue weighted by Crippen LogP contribution is 2.18. The van der Waals surface area contributed by atoms with Gasteiger partial charge in [0.2, 0.25) is 5.91 Å². The monoisotopic (exact) mass is 280 g/mol. The fourth-order valence-electron chi connectivity index (χ4n) is 2.56. The van der Waals surface area contributed by atoms with Crippen LogP contribution in [0.1, 0.15) is 25.3 Å². The van der Waals surface area contributed by atoms with Gasteiger partial charge in [0.15, 0.2) is 0 Å². The number of carbonyl (C=O) groups excluding carboxylic acids is 1. The molecule has 4 heteroatoms. The summed E-state index contributed by atoms with van der Waals surface area (Å²) in [5, 5.41) is 4.00. The molecular formula is C15H21ClN2O. The molecule has 1 N–H and O–H groups in total. The van der Waals surface area contributed by atoms with E-state index in [9.17, 15) is 4.79 Å². The standard InChI is InChI=1S/C15H21ClN2O/c1-2-9-18(13-7-8-17-11-13)15(19)10-12-5-3-4-6-14(12)16/h3-6,13,17H,2,7-11H2,1H3. The highest BCUT2D eigenvalue weighted by atomic mass is 35.5. The third-order valence-corrected chi connectivity index (χ3v) is 3.93. The first-order valence-corrected chi connectivity index (χ1v) is 7.33. The van der Waals surface area contributed by atoms with Gasteiger partial charge in [-0.15, -0.1) is 0 Å². The van der Waals surface area contributed by atoms with E-state index in [1.807, 2.05) is 29.2 Å². The topological polar surface area (TPSA) is 32.3 Å². The van der Waals surface area contributed by atoms with Crippen LogP contribution in [0.15, 0.2) is 24.3 Å². The van der Waals surface area contributed by atoms with Gasteiger partial charge in [-0.05, 0) is 31.0 Å². The second-order valence-corrected chi connectivity index (χ2v) is 5.41. The molecule has 1 amide bonds. The Morgan fingerprint density at radius 1 is 1.47 bits per heavy atom. The first kappa shape index (κ1) is 14.4. The fourth-order valence-corrected chi connectivity index (χ4v) is 2.77. The summed E-state index contributed by atoms with van der Waals surface area (Å²) in [5.74, 6) is 0.184. The van der Waals surface area contributed by atoms with Gasteiger partial charge < -0.3 is 10.2 Å². The van der Waals surface area contributed by atoms with E-state index in [0.717, 1.165) is 38.0 Å². The average Bonchev–Trinajstić information content (AvgIpc) is 2.92. The molecule has 0 saturated carbocycles. The molecule has 0 radical (unpaired) electrons. The zero-order chi connectivity index (χ0) is 13.7. The smallest absolute Gasteiger partial charge is 0.227 e. The molecular weight excluding hydrogens is 260 g/mol. The van der Waals surface area contributed by atoms with Crippen LogP contribution >= 0.6 is 11.6 Å². The zero-order valence-electron chi connectivity index (χ0n) is 11.4. The quantitative estimate of drug-likeness (QED) is 0.899. The molecule has 1 atom stereocenters. The van der Waals surface area contributed by atoms with Crippen molar-refractivity contribution in [2.75, 3.05) is 19.6 Å². The van der Waals surface area contributed by atoms with Crippen molar-refractivity contribution in [3.05, 3.63) is 34.9 Å². The largest absolute Gasteiger partial charge is 0.338 e. The van der Waals surface area contributed by atoms with Crippen LogP contribution in [0.3, 0.4) is 0 Å². The van der Waals surface area contributed by atoms with Gasteiger partial charge in [0, 0.05) is 24.2 Å². The van der Waals surface area contributed by atoms with Crippen molar-refractivity contribution in [1.82, 2.24) is 10.2 Å².